The zero-order chi connectivity index (χ0) is 26.7. The molecule has 0 rings (SSSR count). The summed E-state index contributed by atoms with van der Waals surface area (Å²) in [5.41, 5.74) is -0.288. The summed E-state index contributed by atoms with van der Waals surface area (Å²) in [4.78, 5) is 56.2. The van der Waals surface area contributed by atoms with E-state index in [1.165, 1.54) is 13.8 Å². The van der Waals surface area contributed by atoms with Crippen molar-refractivity contribution in [2.45, 2.75) is 80.2 Å². The average Bonchev–Trinajstić information content (AvgIpc) is 2.77. The minimum absolute atomic E-state index is 0.0429. The zero-order valence-electron chi connectivity index (χ0n) is 21.7. The average molecular weight is 487 g/mol. The number of rotatable bonds is 14. The molecule has 1 unspecified atom stereocenters. The first-order valence-corrected chi connectivity index (χ1v) is 11.5. The molecule has 0 radical (unpaired) electrons. The van der Waals surface area contributed by atoms with Crippen LogP contribution in [0.2, 0.25) is 0 Å². The molecule has 0 aliphatic carbocycles. The van der Waals surface area contributed by atoms with E-state index >= 15 is 0 Å². The van der Waals surface area contributed by atoms with Crippen LogP contribution in [0.4, 0.5) is 0 Å². The molecular weight excluding hydrogens is 444 g/mol. The summed E-state index contributed by atoms with van der Waals surface area (Å²) in [6.45, 7) is 16.1. The lowest BCUT2D eigenvalue weighted by atomic mass is 9.91. The minimum atomic E-state index is -0.567. The van der Waals surface area contributed by atoms with Crippen LogP contribution in [0.5, 0.6) is 0 Å². The van der Waals surface area contributed by atoms with Crippen LogP contribution in [0.25, 0.3) is 0 Å². The van der Waals surface area contributed by atoms with Gasteiger partial charge in [-0.15, -0.1) is 0 Å². The summed E-state index contributed by atoms with van der Waals surface area (Å²) in [5, 5.41) is 5.31. The highest BCUT2D eigenvalue weighted by molar-refractivity contribution is 5.87. The van der Waals surface area contributed by atoms with Gasteiger partial charge in [-0.1, -0.05) is 20.4 Å². The normalized spacial score (nSPS) is 11.1. The molecule has 2 amide bonds. The van der Waals surface area contributed by atoms with Crippen LogP contribution in [0, 0.1) is 5.41 Å². The van der Waals surface area contributed by atoms with Crippen molar-refractivity contribution < 1.29 is 38.2 Å². The Bertz CT molecular complexity index is 688. The highest BCUT2D eigenvalue weighted by atomic mass is 16.6. The summed E-state index contributed by atoms with van der Waals surface area (Å²) in [7, 11) is 0. The van der Waals surface area contributed by atoms with Gasteiger partial charge in [-0.25, -0.2) is 4.79 Å². The lowest BCUT2D eigenvalue weighted by Gasteiger charge is -2.20. The third kappa shape index (κ3) is 18.6. The standard InChI is InChI=1S/C18H29NO7.C6H13NO/c1-6-18(4,5)17(23)26-10-9-19-14(20)7-8-15(21)24-11-12-25-16(22)13(2)3;1-4-5(2)7-6(3)8/h2,6-12H2,1,3-5H3,(H,19,20);5H,4H2,1-3H3,(H,7,8). The van der Waals surface area contributed by atoms with E-state index in [-0.39, 0.29) is 62.6 Å². The highest BCUT2D eigenvalue weighted by Gasteiger charge is 2.26. The van der Waals surface area contributed by atoms with Crippen molar-refractivity contribution in [1.82, 2.24) is 10.6 Å². The molecule has 0 aromatic heterocycles. The van der Waals surface area contributed by atoms with Crippen LogP contribution in [0.15, 0.2) is 12.2 Å². The Morgan fingerprint density at radius 2 is 1.50 bits per heavy atom. The molecule has 0 aliphatic heterocycles. The molecule has 0 bridgehead atoms. The summed E-state index contributed by atoms with van der Waals surface area (Å²) < 4.78 is 14.7. The second kappa shape index (κ2) is 18.5. The van der Waals surface area contributed by atoms with E-state index in [2.05, 4.69) is 17.2 Å². The number of hydrogen-bond donors (Lipinski definition) is 2. The van der Waals surface area contributed by atoms with Crippen LogP contribution in [-0.4, -0.2) is 62.1 Å². The second-order valence-electron chi connectivity index (χ2n) is 8.37. The van der Waals surface area contributed by atoms with Gasteiger partial charge in [0.1, 0.15) is 19.8 Å². The Morgan fingerprint density at radius 1 is 0.912 bits per heavy atom. The molecule has 10 nitrogen and oxygen atoms in total. The molecule has 0 aromatic carbocycles. The Kier molecular flexibility index (Phi) is 18.1. The topological polar surface area (TPSA) is 137 Å². The Morgan fingerprint density at radius 3 is 1.97 bits per heavy atom. The van der Waals surface area contributed by atoms with Crippen molar-refractivity contribution in [3.05, 3.63) is 12.2 Å². The van der Waals surface area contributed by atoms with Gasteiger partial charge in [0.25, 0.3) is 0 Å². The van der Waals surface area contributed by atoms with E-state index in [0.717, 1.165) is 6.42 Å². The van der Waals surface area contributed by atoms with E-state index in [4.69, 9.17) is 14.2 Å². The fourth-order valence-corrected chi connectivity index (χ4v) is 1.91. The number of hydrogen-bond acceptors (Lipinski definition) is 8. The molecule has 0 spiro atoms. The van der Waals surface area contributed by atoms with Crippen LogP contribution < -0.4 is 10.6 Å². The molecule has 0 heterocycles. The minimum Gasteiger partial charge on any atom is -0.463 e. The number of nitrogens with one attached hydrogen (secondary N) is 2. The van der Waals surface area contributed by atoms with E-state index in [1.807, 2.05) is 20.8 Å². The molecule has 196 valence electrons. The van der Waals surface area contributed by atoms with Gasteiger partial charge in [0.05, 0.1) is 18.4 Å². The predicted molar refractivity (Wildman–Crippen MR) is 128 cm³/mol. The first-order valence-electron chi connectivity index (χ1n) is 11.5. The van der Waals surface area contributed by atoms with E-state index in [1.54, 1.807) is 13.8 Å². The molecule has 0 saturated heterocycles. The fraction of sp³-hybridized carbons (Fsp3) is 0.708. The maximum atomic E-state index is 11.7. The van der Waals surface area contributed by atoms with E-state index < -0.39 is 17.4 Å². The van der Waals surface area contributed by atoms with Crippen molar-refractivity contribution in [3.63, 3.8) is 0 Å². The monoisotopic (exact) mass is 486 g/mol. The Labute approximate surface area is 203 Å². The van der Waals surface area contributed by atoms with Gasteiger partial charge >= 0.3 is 17.9 Å². The number of carbonyl (C=O) groups excluding carboxylic acids is 5. The third-order valence-corrected chi connectivity index (χ3v) is 4.64. The summed E-state index contributed by atoms with van der Waals surface area (Å²) >= 11 is 0. The first-order chi connectivity index (χ1) is 15.8. The van der Waals surface area contributed by atoms with Gasteiger partial charge in [-0.2, -0.15) is 0 Å². The number of carbonyl (C=O) groups is 5. The summed E-state index contributed by atoms with van der Waals surface area (Å²) in [6, 6.07) is 0.326. The summed E-state index contributed by atoms with van der Waals surface area (Å²) in [6.07, 6.45) is 1.52. The molecule has 0 aliphatic rings. The zero-order valence-corrected chi connectivity index (χ0v) is 21.7. The van der Waals surface area contributed by atoms with Gasteiger partial charge in [-0.05, 0) is 40.5 Å². The maximum absolute atomic E-state index is 11.7. The smallest absolute Gasteiger partial charge is 0.333 e. The van der Waals surface area contributed by atoms with E-state index in [0.29, 0.717) is 12.5 Å². The van der Waals surface area contributed by atoms with Crippen molar-refractivity contribution >= 4 is 29.7 Å². The largest absolute Gasteiger partial charge is 0.463 e. The van der Waals surface area contributed by atoms with Gasteiger partial charge in [-0.3, -0.25) is 19.2 Å². The van der Waals surface area contributed by atoms with Crippen LogP contribution in [0.1, 0.15) is 74.1 Å². The lowest BCUT2D eigenvalue weighted by molar-refractivity contribution is -0.154. The number of ether oxygens (including phenoxy) is 3. The molecule has 10 heteroatoms. The number of amides is 2. The Hall–Kier alpha value is -2.91. The van der Waals surface area contributed by atoms with Crippen molar-refractivity contribution in [2.75, 3.05) is 26.4 Å². The van der Waals surface area contributed by atoms with Crippen LogP contribution >= 0.6 is 0 Å². The van der Waals surface area contributed by atoms with Gasteiger partial charge < -0.3 is 24.8 Å². The fourth-order valence-electron chi connectivity index (χ4n) is 1.91. The number of esters is 3. The third-order valence-electron chi connectivity index (χ3n) is 4.64. The maximum Gasteiger partial charge on any atom is 0.333 e. The van der Waals surface area contributed by atoms with Crippen LogP contribution in [0.3, 0.4) is 0 Å². The van der Waals surface area contributed by atoms with Crippen molar-refractivity contribution in [1.29, 1.82) is 0 Å². The molecule has 0 saturated carbocycles. The molecule has 2 N–H and O–H groups in total. The van der Waals surface area contributed by atoms with Crippen molar-refractivity contribution in [3.8, 4) is 0 Å². The van der Waals surface area contributed by atoms with Crippen LogP contribution in [-0.2, 0) is 38.2 Å². The lowest BCUT2D eigenvalue weighted by Crippen LogP contribution is -2.31. The molecule has 1 atom stereocenters. The molecule has 0 aromatic rings. The first kappa shape index (κ1) is 33.3. The predicted octanol–water partition coefficient (Wildman–Crippen LogP) is 2.45. The quantitative estimate of drug-likeness (QED) is 0.165. The highest BCUT2D eigenvalue weighted by Crippen LogP contribution is 2.21. The molecular formula is C24H42N2O8. The van der Waals surface area contributed by atoms with Gasteiger partial charge in [0.15, 0.2) is 0 Å². The molecule has 34 heavy (non-hydrogen) atoms. The summed E-state index contributed by atoms with van der Waals surface area (Å²) in [5.74, 6) is -1.72. The second-order valence-corrected chi connectivity index (χ2v) is 8.37. The van der Waals surface area contributed by atoms with Gasteiger partial charge in [0, 0.05) is 25.0 Å². The van der Waals surface area contributed by atoms with Crippen molar-refractivity contribution in [2.24, 2.45) is 5.41 Å². The SMILES string of the molecule is C=C(C)C(=O)OCCOC(=O)CCC(=O)NCCOC(=O)C(C)(C)CC.CCC(C)NC(C)=O. The Balaban J connectivity index is 0. The molecule has 0 fully saturated rings. The van der Waals surface area contributed by atoms with Gasteiger partial charge in [0.2, 0.25) is 11.8 Å². The van der Waals surface area contributed by atoms with E-state index in [9.17, 15) is 24.0 Å².